The molecule has 0 aliphatic heterocycles. The Hall–Kier alpha value is -2.94. The van der Waals surface area contributed by atoms with Crippen molar-refractivity contribution >= 4 is 0 Å². The van der Waals surface area contributed by atoms with Crippen LogP contribution in [0.1, 0.15) is 17.1 Å². The van der Waals surface area contributed by atoms with Gasteiger partial charge in [0.15, 0.2) is 5.82 Å². The van der Waals surface area contributed by atoms with Crippen molar-refractivity contribution in [2.75, 3.05) is 0 Å². The van der Waals surface area contributed by atoms with E-state index in [4.69, 9.17) is 9.78 Å². The SMILES string of the molecule is N#Cc1ccc(-c2nc(Cc3cccnc3)no2)[nH]1. The molecule has 6 heteroatoms. The van der Waals surface area contributed by atoms with Gasteiger partial charge in [0.05, 0.1) is 0 Å². The number of rotatable bonds is 3. The van der Waals surface area contributed by atoms with Gasteiger partial charge in [-0.15, -0.1) is 0 Å². The van der Waals surface area contributed by atoms with Crippen molar-refractivity contribution in [1.29, 1.82) is 5.26 Å². The third-order valence-electron chi connectivity index (χ3n) is 2.59. The van der Waals surface area contributed by atoms with Gasteiger partial charge in [-0.1, -0.05) is 11.2 Å². The zero-order valence-electron chi connectivity index (χ0n) is 9.87. The average molecular weight is 251 g/mol. The molecule has 0 fully saturated rings. The topological polar surface area (TPSA) is 91.4 Å². The summed E-state index contributed by atoms with van der Waals surface area (Å²) in [6.45, 7) is 0. The molecule has 0 saturated heterocycles. The number of aromatic nitrogens is 4. The molecule has 0 unspecified atom stereocenters. The maximum atomic E-state index is 8.74. The molecule has 3 heterocycles. The Labute approximate surface area is 108 Å². The minimum atomic E-state index is 0.375. The second-order valence-electron chi connectivity index (χ2n) is 3.95. The summed E-state index contributed by atoms with van der Waals surface area (Å²) in [4.78, 5) is 11.2. The first-order valence-electron chi connectivity index (χ1n) is 5.66. The Morgan fingerprint density at radius 3 is 3.00 bits per heavy atom. The molecular formula is C13H9N5O. The minimum Gasteiger partial charge on any atom is -0.342 e. The van der Waals surface area contributed by atoms with Gasteiger partial charge in [0, 0.05) is 18.8 Å². The van der Waals surface area contributed by atoms with Crippen LogP contribution in [0.25, 0.3) is 11.6 Å². The number of hydrogen-bond donors (Lipinski definition) is 1. The third kappa shape index (κ3) is 2.35. The fourth-order valence-electron chi connectivity index (χ4n) is 1.71. The third-order valence-corrected chi connectivity index (χ3v) is 2.59. The van der Waals surface area contributed by atoms with Crippen LogP contribution in [0.4, 0.5) is 0 Å². The van der Waals surface area contributed by atoms with Crippen LogP contribution in [0.3, 0.4) is 0 Å². The number of nitrogens with one attached hydrogen (secondary N) is 1. The summed E-state index contributed by atoms with van der Waals surface area (Å²) >= 11 is 0. The summed E-state index contributed by atoms with van der Waals surface area (Å²) in [5, 5.41) is 12.6. The second-order valence-corrected chi connectivity index (χ2v) is 3.95. The van der Waals surface area contributed by atoms with E-state index in [0.29, 0.717) is 29.5 Å². The maximum Gasteiger partial charge on any atom is 0.274 e. The first kappa shape index (κ1) is 11.2. The monoisotopic (exact) mass is 251 g/mol. The van der Waals surface area contributed by atoms with Crippen molar-refractivity contribution in [3.8, 4) is 17.7 Å². The zero-order valence-corrected chi connectivity index (χ0v) is 9.87. The number of nitrogens with zero attached hydrogens (tertiary/aromatic N) is 4. The molecule has 3 rings (SSSR count). The molecule has 0 atom stereocenters. The molecule has 92 valence electrons. The van der Waals surface area contributed by atoms with E-state index in [1.54, 1.807) is 24.5 Å². The van der Waals surface area contributed by atoms with Crippen LogP contribution in [0.15, 0.2) is 41.2 Å². The molecule has 0 amide bonds. The summed E-state index contributed by atoms with van der Waals surface area (Å²) in [7, 11) is 0. The number of nitriles is 1. The van der Waals surface area contributed by atoms with Gasteiger partial charge in [0.2, 0.25) is 0 Å². The largest absolute Gasteiger partial charge is 0.342 e. The summed E-state index contributed by atoms with van der Waals surface area (Å²) in [5.41, 5.74) is 2.11. The molecule has 0 aliphatic carbocycles. The van der Waals surface area contributed by atoms with Crippen molar-refractivity contribution in [3.63, 3.8) is 0 Å². The van der Waals surface area contributed by atoms with Crippen LogP contribution in [-0.4, -0.2) is 20.1 Å². The van der Waals surface area contributed by atoms with Crippen molar-refractivity contribution in [2.45, 2.75) is 6.42 Å². The van der Waals surface area contributed by atoms with Gasteiger partial charge in [-0.2, -0.15) is 10.2 Å². The lowest BCUT2D eigenvalue weighted by atomic mass is 10.2. The zero-order chi connectivity index (χ0) is 13.1. The van der Waals surface area contributed by atoms with Crippen LogP contribution in [0, 0.1) is 11.3 Å². The molecule has 3 aromatic heterocycles. The first-order chi connectivity index (χ1) is 9.35. The number of aromatic amines is 1. The normalized spacial score (nSPS) is 10.3. The predicted octanol–water partition coefficient (Wildman–Crippen LogP) is 1.92. The van der Waals surface area contributed by atoms with E-state index in [0.717, 1.165) is 5.56 Å². The molecule has 19 heavy (non-hydrogen) atoms. The van der Waals surface area contributed by atoms with Crippen LogP contribution in [0.2, 0.25) is 0 Å². The lowest BCUT2D eigenvalue weighted by Crippen LogP contribution is -1.91. The van der Waals surface area contributed by atoms with Gasteiger partial charge in [-0.3, -0.25) is 4.98 Å². The molecular weight excluding hydrogens is 242 g/mol. The minimum absolute atomic E-state index is 0.375. The van der Waals surface area contributed by atoms with E-state index >= 15 is 0 Å². The van der Waals surface area contributed by atoms with E-state index in [9.17, 15) is 0 Å². The van der Waals surface area contributed by atoms with Crippen molar-refractivity contribution in [2.24, 2.45) is 0 Å². The molecule has 0 bridgehead atoms. The number of hydrogen-bond acceptors (Lipinski definition) is 5. The summed E-state index contributed by atoms with van der Waals surface area (Å²) in [6.07, 6.45) is 4.04. The predicted molar refractivity (Wildman–Crippen MR) is 65.8 cm³/mol. The van der Waals surface area contributed by atoms with Crippen molar-refractivity contribution < 1.29 is 4.52 Å². The number of H-pyrrole nitrogens is 1. The molecule has 0 radical (unpaired) electrons. The van der Waals surface area contributed by atoms with Crippen LogP contribution in [0.5, 0.6) is 0 Å². The lowest BCUT2D eigenvalue weighted by molar-refractivity contribution is 0.423. The number of pyridine rings is 1. The molecule has 0 aliphatic rings. The van der Waals surface area contributed by atoms with Crippen LogP contribution < -0.4 is 0 Å². The Morgan fingerprint density at radius 1 is 1.32 bits per heavy atom. The van der Waals surface area contributed by atoms with Gasteiger partial charge >= 0.3 is 0 Å². The van der Waals surface area contributed by atoms with Gasteiger partial charge in [0.1, 0.15) is 17.5 Å². The summed E-state index contributed by atoms with van der Waals surface area (Å²) in [6, 6.07) is 9.22. The van der Waals surface area contributed by atoms with Gasteiger partial charge in [-0.05, 0) is 23.8 Å². The van der Waals surface area contributed by atoms with Crippen molar-refractivity contribution in [1.82, 2.24) is 20.1 Å². The second kappa shape index (κ2) is 4.74. The van der Waals surface area contributed by atoms with E-state index in [2.05, 4.69) is 20.1 Å². The fraction of sp³-hybridized carbons (Fsp3) is 0.0769. The Bertz CT molecular complexity index is 723. The lowest BCUT2D eigenvalue weighted by Gasteiger charge is -1.93. The Balaban J connectivity index is 1.82. The Kier molecular flexibility index (Phi) is 2.79. The van der Waals surface area contributed by atoms with Crippen molar-refractivity contribution in [3.05, 3.63) is 53.7 Å². The van der Waals surface area contributed by atoms with E-state index < -0.39 is 0 Å². The smallest absolute Gasteiger partial charge is 0.274 e. The Morgan fingerprint density at radius 2 is 2.26 bits per heavy atom. The molecule has 0 aromatic carbocycles. The van der Waals surface area contributed by atoms with Crippen LogP contribution >= 0.6 is 0 Å². The summed E-state index contributed by atoms with van der Waals surface area (Å²) in [5.74, 6) is 0.955. The molecule has 0 spiro atoms. The molecule has 0 saturated carbocycles. The van der Waals surface area contributed by atoms with E-state index in [-0.39, 0.29) is 0 Å². The maximum absolute atomic E-state index is 8.74. The fourth-order valence-corrected chi connectivity index (χ4v) is 1.71. The quantitative estimate of drug-likeness (QED) is 0.767. The first-order valence-corrected chi connectivity index (χ1v) is 5.66. The molecule has 1 N–H and O–H groups in total. The van der Waals surface area contributed by atoms with E-state index in [1.165, 1.54) is 0 Å². The van der Waals surface area contributed by atoms with Gasteiger partial charge in [-0.25, -0.2) is 0 Å². The highest BCUT2D eigenvalue weighted by Crippen LogP contribution is 2.17. The molecule has 3 aromatic rings. The highest BCUT2D eigenvalue weighted by molar-refractivity contribution is 5.49. The average Bonchev–Trinajstić information content (AvgIpc) is 3.08. The van der Waals surface area contributed by atoms with Gasteiger partial charge < -0.3 is 9.51 Å². The standard InChI is InChI=1S/C13H9N5O/c14-7-10-3-4-11(16-10)13-17-12(18-19-13)6-9-2-1-5-15-8-9/h1-5,8,16H,6H2. The molecule has 6 nitrogen and oxygen atoms in total. The highest BCUT2D eigenvalue weighted by atomic mass is 16.5. The van der Waals surface area contributed by atoms with Gasteiger partial charge in [0.25, 0.3) is 5.89 Å². The van der Waals surface area contributed by atoms with E-state index in [1.807, 2.05) is 18.2 Å². The van der Waals surface area contributed by atoms with Crippen LogP contribution in [-0.2, 0) is 6.42 Å². The highest BCUT2D eigenvalue weighted by Gasteiger charge is 2.11. The summed E-state index contributed by atoms with van der Waals surface area (Å²) < 4.78 is 5.16.